The van der Waals surface area contributed by atoms with Crippen molar-refractivity contribution in [3.63, 3.8) is 0 Å². The minimum atomic E-state index is -0.631. The molecular weight excluding hydrogens is 197 g/mol. The number of rotatable bonds is 5. The zero-order chi connectivity index (χ0) is 11.1. The summed E-state index contributed by atoms with van der Waals surface area (Å²) in [5.41, 5.74) is 7.22. The summed E-state index contributed by atoms with van der Waals surface area (Å²) in [4.78, 5) is 11.0. The van der Waals surface area contributed by atoms with Crippen LogP contribution in [0, 0.1) is 0 Å². The van der Waals surface area contributed by atoms with Crippen molar-refractivity contribution in [2.24, 2.45) is 0 Å². The maximum atomic E-state index is 11.7. The molecule has 0 unspecified atom stereocenters. The first kappa shape index (κ1) is 11.5. The molecule has 82 valence electrons. The van der Waals surface area contributed by atoms with Gasteiger partial charge in [-0.25, -0.2) is 4.39 Å². The van der Waals surface area contributed by atoms with Crippen LogP contribution < -0.4 is 5.73 Å². The fraction of sp³-hybridized carbons (Fsp3) is 0.364. The van der Waals surface area contributed by atoms with E-state index in [9.17, 15) is 9.18 Å². The Bertz CT molecular complexity index is 311. The van der Waals surface area contributed by atoms with Gasteiger partial charge in [-0.1, -0.05) is 12.1 Å². The number of nitrogen functional groups attached to an aromatic ring is 1. The van der Waals surface area contributed by atoms with Gasteiger partial charge >= 0.3 is 5.97 Å². The molecule has 4 heteroatoms. The molecule has 15 heavy (non-hydrogen) atoms. The van der Waals surface area contributed by atoms with E-state index in [1.54, 1.807) is 12.1 Å². The maximum absolute atomic E-state index is 11.7. The van der Waals surface area contributed by atoms with Crippen LogP contribution in [0.25, 0.3) is 0 Å². The molecular formula is C11H14FNO2. The SMILES string of the molecule is Nc1ccc(CCC(=O)OCCF)cc1. The van der Waals surface area contributed by atoms with E-state index in [1.165, 1.54) is 0 Å². The number of alkyl halides is 1. The number of carbonyl (C=O) groups is 1. The second kappa shape index (κ2) is 6.01. The Morgan fingerprint density at radius 1 is 1.33 bits per heavy atom. The molecule has 0 radical (unpaired) electrons. The van der Waals surface area contributed by atoms with Gasteiger partial charge in [-0.15, -0.1) is 0 Å². The number of benzene rings is 1. The second-order valence-electron chi connectivity index (χ2n) is 3.15. The predicted molar refractivity (Wildman–Crippen MR) is 56.1 cm³/mol. The van der Waals surface area contributed by atoms with Crippen LogP contribution in [0.15, 0.2) is 24.3 Å². The van der Waals surface area contributed by atoms with Gasteiger partial charge in [-0.2, -0.15) is 0 Å². The van der Waals surface area contributed by atoms with Crippen LogP contribution in [-0.4, -0.2) is 19.3 Å². The number of ether oxygens (including phenoxy) is 1. The molecule has 0 aliphatic rings. The number of aryl methyl sites for hydroxylation is 1. The van der Waals surface area contributed by atoms with Gasteiger partial charge in [0.25, 0.3) is 0 Å². The summed E-state index contributed by atoms with van der Waals surface area (Å²) in [6, 6.07) is 7.28. The molecule has 1 aromatic carbocycles. The van der Waals surface area contributed by atoms with E-state index in [-0.39, 0.29) is 19.0 Å². The van der Waals surface area contributed by atoms with Gasteiger partial charge in [0, 0.05) is 12.1 Å². The smallest absolute Gasteiger partial charge is 0.306 e. The van der Waals surface area contributed by atoms with Crippen molar-refractivity contribution >= 4 is 11.7 Å². The molecule has 1 aromatic rings. The summed E-state index contributed by atoms with van der Waals surface area (Å²) in [5.74, 6) is -0.371. The topological polar surface area (TPSA) is 52.3 Å². The molecule has 0 heterocycles. The van der Waals surface area contributed by atoms with Crippen molar-refractivity contribution in [2.45, 2.75) is 12.8 Å². The van der Waals surface area contributed by atoms with Crippen molar-refractivity contribution < 1.29 is 13.9 Å². The third kappa shape index (κ3) is 4.44. The quantitative estimate of drug-likeness (QED) is 0.596. The van der Waals surface area contributed by atoms with Crippen molar-refractivity contribution in [1.29, 1.82) is 0 Å². The van der Waals surface area contributed by atoms with Gasteiger partial charge < -0.3 is 10.5 Å². The lowest BCUT2D eigenvalue weighted by Crippen LogP contribution is -2.07. The molecule has 0 bridgehead atoms. The zero-order valence-electron chi connectivity index (χ0n) is 8.41. The van der Waals surface area contributed by atoms with E-state index in [2.05, 4.69) is 4.74 Å². The summed E-state index contributed by atoms with van der Waals surface area (Å²) in [5, 5.41) is 0. The average Bonchev–Trinajstić information content (AvgIpc) is 2.25. The number of hydrogen-bond acceptors (Lipinski definition) is 3. The van der Waals surface area contributed by atoms with Crippen LogP contribution in [0.1, 0.15) is 12.0 Å². The molecule has 0 aromatic heterocycles. The van der Waals surface area contributed by atoms with E-state index in [4.69, 9.17) is 5.73 Å². The first-order valence-electron chi connectivity index (χ1n) is 4.78. The van der Waals surface area contributed by atoms with Crippen LogP contribution in [-0.2, 0) is 16.0 Å². The fourth-order valence-electron chi connectivity index (χ4n) is 1.16. The highest BCUT2D eigenvalue weighted by Crippen LogP contribution is 2.07. The third-order valence-electron chi connectivity index (χ3n) is 1.94. The molecule has 0 spiro atoms. The van der Waals surface area contributed by atoms with Crippen LogP contribution in [0.3, 0.4) is 0 Å². The molecule has 0 atom stereocenters. The molecule has 1 rings (SSSR count). The number of esters is 1. The molecule has 0 aliphatic heterocycles. The minimum Gasteiger partial charge on any atom is -0.463 e. The van der Waals surface area contributed by atoms with Crippen LogP contribution in [0.5, 0.6) is 0 Å². The number of halogens is 1. The van der Waals surface area contributed by atoms with Crippen molar-refractivity contribution in [3.8, 4) is 0 Å². The largest absolute Gasteiger partial charge is 0.463 e. The van der Waals surface area contributed by atoms with E-state index < -0.39 is 6.67 Å². The van der Waals surface area contributed by atoms with Gasteiger partial charge in [0.2, 0.25) is 0 Å². The average molecular weight is 211 g/mol. The van der Waals surface area contributed by atoms with Crippen molar-refractivity contribution in [2.75, 3.05) is 19.0 Å². The minimum absolute atomic E-state index is 0.152. The van der Waals surface area contributed by atoms with Gasteiger partial charge in [-0.05, 0) is 24.1 Å². The van der Waals surface area contributed by atoms with Crippen LogP contribution in [0.4, 0.5) is 10.1 Å². The number of carbonyl (C=O) groups excluding carboxylic acids is 1. The summed E-state index contributed by atoms with van der Waals surface area (Å²) in [7, 11) is 0. The highest BCUT2D eigenvalue weighted by Gasteiger charge is 2.03. The molecule has 0 saturated heterocycles. The molecule has 3 nitrogen and oxygen atoms in total. The normalized spacial score (nSPS) is 9.93. The van der Waals surface area contributed by atoms with Crippen LogP contribution >= 0.6 is 0 Å². The third-order valence-corrected chi connectivity index (χ3v) is 1.94. The summed E-state index contributed by atoms with van der Waals surface area (Å²) in [6.45, 7) is -0.784. The van der Waals surface area contributed by atoms with E-state index in [0.717, 1.165) is 5.56 Å². The highest BCUT2D eigenvalue weighted by atomic mass is 19.1. The molecule has 0 saturated carbocycles. The lowest BCUT2D eigenvalue weighted by Gasteiger charge is -2.02. The Balaban J connectivity index is 2.30. The standard InChI is InChI=1S/C11H14FNO2/c12-7-8-15-11(14)6-3-9-1-4-10(13)5-2-9/h1-2,4-5H,3,6-8,13H2. The van der Waals surface area contributed by atoms with E-state index >= 15 is 0 Å². The predicted octanol–water partition coefficient (Wildman–Crippen LogP) is 1.71. The van der Waals surface area contributed by atoms with E-state index in [0.29, 0.717) is 12.1 Å². The van der Waals surface area contributed by atoms with Gasteiger partial charge in [0.05, 0.1) is 0 Å². The number of nitrogens with two attached hydrogens (primary N) is 1. The maximum Gasteiger partial charge on any atom is 0.306 e. The Morgan fingerprint density at radius 3 is 2.60 bits per heavy atom. The Hall–Kier alpha value is -1.58. The number of hydrogen-bond donors (Lipinski definition) is 1. The molecule has 2 N–H and O–H groups in total. The molecule has 0 amide bonds. The second-order valence-corrected chi connectivity index (χ2v) is 3.15. The first-order chi connectivity index (χ1) is 7.22. The summed E-state index contributed by atoms with van der Waals surface area (Å²) >= 11 is 0. The summed E-state index contributed by atoms with van der Waals surface area (Å²) in [6.07, 6.45) is 0.856. The van der Waals surface area contributed by atoms with E-state index in [1.807, 2.05) is 12.1 Å². The van der Waals surface area contributed by atoms with Gasteiger partial charge in [0.15, 0.2) is 0 Å². The van der Waals surface area contributed by atoms with Gasteiger partial charge in [0.1, 0.15) is 13.3 Å². The lowest BCUT2D eigenvalue weighted by molar-refractivity contribution is -0.143. The first-order valence-corrected chi connectivity index (χ1v) is 4.78. The molecule has 0 aliphatic carbocycles. The number of anilines is 1. The van der Waals surface area contributed by atoms with Crippen molar-refractivity contribution in [1.82, 2.24) is 0 Å². The fourth-order valence-corrected chi connectivity index (χ4v) is 1.16. The van der Waals surface area contributed by atoms with Crippen molar-refractivity contribution in [3.05, 3.63) is 29.8 Å². The molecule has 0 fully saturated rings. The lowest BCUT2D eigenvalue weighted by atomic mass is 10.1. The van der Waals surface area contributed by atoms with Gasteiger partial charge in [-0.3, -0.25) is 4.79 Å². The monoisotopic (exact) mass is 211 g/mol. The Kier molecular flexibility index (Phi) is 4.60. The Morgan fingerprint density at radius 2 is 2.00 bits per heavy atom. The summed E-state index contributed by atoms with van der Waals surface area (Å²) < 4.78 is 16.3. The van der Waals surface area contributed by atoms with Crippen LogP contribution in [0.2, 0.25) is 0 Å². The Labute approximate surface area is 88.0 Å². The zero-order valence-corrected chi connectivity index (χ0v) is 8.41. The highest BCUT2D eigenvalue weighted by molar-refractivity contribution is 5.69.